The van der Waals surface area contributed by atoms with Gasteiger partial charge in [0.2, 0.25) is 0 Å². The molecule has 2 atom stereocenters. The quantitative estimate of drug-likeness (QED) is 0.828. The summed E-state index contributed by atoms with van der Waals surface area (Å²) in [7, 11) is 0. The molecule has 4 heteroatoms. The molecular formula is C15H27NO3. The Labute approximate surface area is 115 Å². The minimum Gasteiger partial charge on any atom is -0.444 e. The SMILES string of the molecule is CC(C)(C)OC(=O)NC[C@@]12CCC[C@@](CO)(CC1)C2. The molecule has 0 heterocycles. The summed E-state index contributed by atoms with van der Waals surface area (Å²) in [5.74, 6) is 0. The molecule has 0 aromatic carbocycles. The Hall–Kier alpha value is -0.770. The van der Waals surface area contributed by atoms with Crippen LogP contribution in [0.4, 0.5) is 4.79 Å². The molecule has 0 aromatic rings. The molecule has 0 unspecified atom stereocenters. The van der Waals surface area contributed by atoms with Gasteiger partial charge in [0.1, 0.15) is 5.60 Å². The van der Waals surface area contributed by atoms with E-state index in [9.17, 15) is 9.90 Å². The van der Waals surface area contributed by atoms with Crippen LogP contribution in [0.2, 0.25) is 0 Å². The average Bonchev–Trinajstić information content (AvgIpc) is 2.58. The third kappa shape index (κ3) is 3.41. The van der Waals surface area contributed by atoms with Crippen LogP contribution in [0.3, 0.4) is 0 Å². The Balaban J connectivity index is 1.88. The number of hydrogen-bond donors (Lipinski definition) is 2. The van der Waals surface area contributed by atoms with Crippen LogP contribution >= 0.6 is 0 Å². The van der Waals surface area contributed by atoms with Crippen LogP contribution in [-0.2, 0) is 4.74 Å². The Morgan fingerprint density at radius 3 is 2.47 bits per heavy atom. The summed E-state index contributed by atoms with van der Waals surface area (Å²) >= 11 is 0. The minimum atomic E-state index is -0.446. The Morgan fingerprint density at radius 2 is 1.84 bits per heavy atom. The molecule has 2 aliphatic rings. The summed E-state index contributed by atoms with van der Waals surface area (Å²) in [5, 5.41) is 12.5. The van der Waals surface area contributed by atoms with Crippen molar-refractivity contribution in [2.24, 2.45) is 10.8 Å². The van der Waals surface area contributed by atoms with Crippen LogP contribution < -0.4 is 5.32 Å². The van der Waals surface area contributed by atoms with E-state index >= 15 is 0 Å². The number of aliphatic hydroxyl groups excluding tert-OH is 1. The highest BCUT2D eigenvalue weighted by Gasteiger charge is 2.50. The molecular weight excluding hydrogens is 242 g/mol. The molecule has 2 rings (SSSR count). The fourth-order valence-electron chi connectivity index (χ4n) is 3.79. The van der Waals surface area contributed by atoms with Gasteiger partial charge in [0.05, 0.1) is 0 Å². The predicted molar refractivity (Wildman–Crippen MR) is 73.9 cm³/mol. The van der Waals surface area contributed by atoms with Gasteiger partial charge >= 0.3 is 6.09 Å². The predicted octanol–water partition coefficient (Wildman–Crippen LogP) is 2.84. The van der Waals surface area contributed by atoms with E-state index in [1.165, 1.54) is 0 Å². The first kappa shape index (κ1) is 14.6. The lowest BCUT2D eigenvalue weighted by molar-refractivity contribution is 0.0436. The maximum atomic E-state index is 11.7. The van der Waals surface area contributed by atoms with Crippen LogP contribution in [0.25, 0.3) is 0 Å². The van der Waals surface area contributed by atoms with Gasteiger partial charge in [0.15, 0.2) is 0 Å². The average molecular weight is 269 g/mol. The first-order chi connectivity index (χ1) is 8.78. The number of alkyl carbamates (subject to hydrolysis) is 1. The molecule has 2 saturated carbocycles. The van der Waals surface area contributed by atoms with Crippen LogP contribution in [0.1, 0.15) is 59.3 Å². The highest BCUT2D eigenvalue weighted by Crippen LogP contribution is 2.57. The Morgan fingerprint density at radius 1 is 1.21 bits per heavy atom. The molecule has 0 aliphatic heterocycles. The summed E-state index contributed by atoms with van der Waals surface area (Å²) < 4.78 is 5.28. The summed E-state index contributed by atoms with van der Waals surface area (Å²) in [6.07, 6.45) is 6.39. The van der Waals surface area contributed by atoms with Gasteiger partial charge < -0.3 is 15.2 Å². The van der Waals surface area contributed by atoms with Crippen molar-refractivity contribution >= 4 is 6.09 Å². The van der Waals surface area contributed by atoms with E-state index in [1.807, 2.05) is 20.8 Å². The van der Waals surface area contributed by atoms with Crippen LogP contribution in [0.15, 0.2) is 0 Å². The fourth-order valence-corrected chi connectivity index (χ4v) is 3.79. The fraction of sp³-hybridized carbons (Fsp3) is 0.933. The topological polar surface area (TPSA) is 58.6 Å². The molecule has 2 aliphatic carbocycles. The summed E-state index contributed by atoms with van der Waals surface area (Å²) in [5.41, 5.74) is -0.120. The second-order valence-corrected chi connectivity index (χ2v) is 7.54. The molecule has 4 nitrogen and oxygen atoms in total. The van der Waals surface area contributed by atoms with Gasteiger partial charge in [-0.15, -0.1) is 0 Å². The largest absolute Gasteiger partial charge is 0.444 e. The highest BCUT2D eigenvalue weighted by atomic mass is 16.6. The molecule has 0 aromatic heterocycles. The maximum absolute atomic E-state index is 11.7. The van der Waals surface area contributed by atoms with Gasteiger partial charge in [-0.2, -0.15) is 0 Å². The smallest absolute Gasteiger partial charge is 0.407 e. The number of ether oxygens (including phenoxy) is 1. The van der Waals surface area contributed by atoms with E-state index in [0.717, 1.165) is 38.5 Å². The van der Waals surface area contributed by atoms with Crippen molar-refractivity contribution in [1.82, 2.24) is 5.32 Å². The van der Waals surface area contributed by atoms with Crippen LogP contribution in [0.5, 0.6) is 0 Å². The van der Waals surface area contributed by atoms with E-state index in [4.69, 9.17) is 4.74 Å². The van der Waals surface area contributed by atoms with Crippen molar-refractivity contribution < 1.29 is 14.6 Å². The van der Waals surface area contributed by atoms with Crippen molar-refractivity contribution in [3.05, 3.63) is 0 Å². The standard InChI is InChI=1S/C15H27NO3/c1-13(2,3)19-12(18)16-10-14-5-4-6-15(9-14,11-17)8-7-14/h17H,4-11H2,1-3H3,(H,16,18)/t14-,15+/m0/s1. The Bertz CT molecular complexity index is 350. The Kier molecular flexibility index (Phi) is 3.83. The van der Waals surface area contributed by atoms with Gasteiger partial charge in [0.25, 0.3) is 0 Å². The normalized spacial score (nSPS) is 34.1. The van der Waals surface area contributed by atoms with Crippen molar-refractivity contribution in [2.75, 3.05) is 13.2 Å². The van der Waals surface area contributed by atoms with E-state index < -0.39 is 5.60 Å². The number of amides is 1. The number of rotatable bonds is 3. The number of fused-ring (bicyclic) bond motifs is 2. The first-order valence-electron chi connectivity index (χ1n) is 7.36. The summed E-state index contributed by atoms with van der Waals surface area (Å²) in [6.45, 7) is 6.60. The lowest BCUT2D eigenvalue weighted by Crippen LogP contribution is -2.41. The van der Waals surface area contributed by atoms with Crippen molar-refractivity contribution in [1.29, 1.82) is 0 Å². The molecule has 2 N–H and O–H groups in total. The molecule has 1 amide bonds. The number of hydrogen-bond acceptors (Lipinski definition) is 3. The van der Waals surface area contributed by atoms with Crippen LogP contribution in [-0.4, -0.2) is 30.0 Å². The zero-order valence-electron chi connectivity index (χ0n) is 12.4. The molecule has 0 spiro atoms. The van der Waals surface area contributed by atoms with E-state index in [-0.39, 0.29) is 16.9 Å². The second-order valence-electron chi connectivity index (χ2n) is 7.54. The van der Waals surface area contributed by atoms with Crippen molar-refractivity contribution in [3.63, 3.8) is 0 Å². The van der Waals surface area contributed by atoms with Crippen LogP contribution in [0, 0.1) is 10.8 Å². The second kappa shape index (κ2) is 4.97. The zero-order chi connectivity index (χ0) is 14.1. The number of carbonyl (C=O) groups excluding carboxylic acids is 1. The van der Waals surface area contributed by atoms with Gasteiger partial charge in [-0.1, -0.05) is 6.42 Å². The van der Waals surface area contributed by atoms with E-state index in [2.05, 4.69) is 5.32 Å². The summed E-state index contributed by atoms with van der Waals surface area (Å²) in [6, 6.07) is 0. The molecule has 19 heavy (non-hydrogen) atoms. The van der Waals surface area contributed by atoms with Crippen molar-refractivity contribution in [2.45, 2.75) is 64.9 Å². The van der Waals surface area contributed by atoms with Gasteiger partial charge in [0, 0.05) is 13.2 Å². The molecule has 0 saturated heterocycles. The van der Waals surface area contributed by atoms with Gasteiger partial charge in [-0.25, -0.2) is 4.79 Å². The zero-order valence-corrected chi connectivity index (χ0v) is 12.4. The molecule has 2 fully saturated rings. The van der Waals surface area contributed by atoms with Gasteiger partial charge in [-0.05, 0) is 63.7 Å². The number of nitrogens with one attached hydrogen (secondary N) is 1. The monoisotopic (exact) mass is 269 g/mol. The molecule has 0 radical (unpaired) electrons. The third-order valence-electron chi connectivity index (χ3n) is 4.69. The van der Waals surface area contributed by atoms with E-state index in [0.29, 0.717) is 13.2 Å². The number of carbonyl (C=O) groups is 1. The lowest BCUT2D eigenvalue weighted by atomic mass is 9.69. The van der Waals surface area contributed by atoms with E-state index in [1.54, 1.807) is 0 Å². The lowest BCUT2D eigenvalue weighted by Gasteiger charge is -2.38. The summed E-state index contributed by atoms with van der Waals surface area (Å²) in [4.78, 5) is 11.7. The van der Waals surface area contributed by atoms with Gasteiger partial charge in [-0.3, -0.25) is 0 Å². The molecule has 2 bridgehead atoms. The minimum absolute atomic E-state index is 0.133. The third-order valence-corrected chi connectivity index (χ3v) is 4.69. The molecule has 110 valence electrons. The number of aliphatic hydroxyl groups is 1. The highest BCUT2D eigenvalue weighted by molar-refractivity contribution is 5.67. The first-order valence-corrected chi connectivity index (χ1v) is 7.36. The van der Waals surface area contributed by atoms with Crippen molar-refractivity contribution in [3.8, 4) is 0 Å². The maximum Gasteiger partial charge on any atom is 0.407 e.